The average molecular weight is 190 g/mol. The maximum atomic E-state index is 1.90. The van der Waals surface area contributed by atoms with Crippen LogP contribution in [0.5, 0.6) is 0 Å². The molecule has 0 aromatic rings. The van der Waals surface area contributed by atoms with Gasteiger partial charge < -0.3 is 0 Å². The van der Waals surface area contributed by atoms with Gasteiger partial charge in [0.1, 0.15) is 0 Å². The molecule has 3 aliphatic rings. The summed E-state index contributed by atoms with van der Waals surface area (Å²) in [6.07, 6.45) is 15.0. The van der Waals surface area contributed by atoms with Crippen LogP contribution in [0, 0.1) is 11.8 Å². The van der Waals surface area contributed by atoms with E-state index in [0.717, 1.165) is 11.8 Å². The van der Waals surface area contributed by atoms with E-state index in [1.165, 1.54) is 51.4 Å². The molecule has 0 saturated heterocycles. The average Bonchev–Trinajstić information content (AvgIpc) is 2.26. The Kier molecular flexibility index (Phi) is 2.39. The third-order valence-corrected chi connectivity index (χ3v) is 4.79. The lowest BCUT2D eigenvalue weighted by Crippen LogP contribution is -2.26. The molecule has 0 bridgehead atoms. The molecule has 78 valence electrons. The van der Waals surface area contributed by atoms with Gasteiger partial charge in [0, 0.05) is 0 Å². The Bertz CT molecular complexity index is 223. The third-order valence-electron chi connectivity index (χ3n) is 4.79. The predicted octanol–water partition coefficient (Wildman–Crippen LogP) is 4.46. The molecule has 0 aliphatic heterocycles. The van der Waals surface area contributed by atoms with Crippen molar-refractivity contribution in [1.82, 2.24) is 0 Å². The summed E-state index contributed by atoms with van der Waals surface area (Å²) in [6.45, 7) is 0. The first-order valence-corrected chi connectivity index (χ1v) is 6.63. The zero-order chi connectivity index (χ0) is 9.38. The Labute approximate surface area is 87.8 Å². The summed E-state index contributed by atoms with van der Waals surface area (Å²) in [4.78, 5) is 0. The van der Waals surface area contributed by atoms with Crippen molar-refractivity contribution < 1.29 is 0 Å². The lowest BCUT2D eigenvalue weighted by atomic mass is 9.66. The minimum Gasteiger partial charge on any atom is -0.0707 e. The number of hydrogen-bond acceptors (Lipinski definition) is 0. The van der Waals surface area contributed by atoms with Crippen LogP contribution in [0.15, 0.2) is 11.1 Å². The molecule has 0 aromatic heterocycles. The monoisotopic (exact) mass is 190 g/mol. The van der Waals surface area contributed by atoms with E-state index in [0.29, 0.717) is 0 Å². The number of fused-ring (bicyclic) bond motifs is 1. The third kappa shape index (κ3) is 1.53. The molecular weight excluding hydrogens is 168 g/mol. The second-order valence-electron chi connectivity index (χ2n) is 5.63. The highest BCUT2D eigenvalue weighted by Crippen LogP contribution is 2.46. The molecule has 0 aromatic carbocycles. The molecule has 0 N–H and O–H groups in total. The zero-order valence-electron chi connectivity index (χ0n) is 9.23. The highest BCUT2D eigenvalue weighted by Gasteiger charge is 2.32. The molecule has 0 nitrogen and oxygen atoms in total. The molecule has 0 heteroatoms. The van der Waals surface area contributed by atoms with Crippen LogP contribution < -0.4 is 0 Å². The summed E-state index contributed by atoms with van der Waals surface area (Å²) in [7, 11) is 0. The van der Waals surface area contributed by atoms with Gasteiger partial charge in [-0.3, -0.25) is 0 Å². The standard InChI is InChI=1S/C14H22/c1-2-6-12-10-14-8-4-3-7-13(14)9-11(12)5-1/h11-12H,1-10H2/t11-,12-/m1/s1. The first-order chi connectivity index (χ1) is 6.93. The van der Waals surface area contributed by atoms with Gasteiger partial charge in [0.2, 0.25) is 0 Å². The van der Waals surface area contributed by atoms with Gasteiger partial charge in [-0.25, -0.2) is 0 Å². The van der Waals surface area contributed by atoms with Crippen LogP contribution in [-0.2, 0) is 0 Å². The van der Waals surface area contributed by atoms with Crippen LogP contribution >= 0.6 is 0 Å². The minimum absolute atomic E-state index is 1.10. The summed E-state index contributed by atoms with van der Waals surface area (Å²) < 4.78 is 0. The van der Waals surface area contributed by atoms with Crippen LogP contribution in [-0.4, -0.2) is 0 Å². The molecule has 2 atom stereocenters. The topological polar surface area (TPSA) is 0 Å². The van der Waals surface area contributed by atoms with E-state index in [9.17, 15) is 0 Å². The second-order valence-corrected chi connectivity index (χ2v) is 5.63. The van der Waals surface area contributed by atoms with E-state index in [1.54, 1.807) is 12.8 Å². The lowest BCUT2D eigenvalue weighted by Gasteiger charge is -2.39. The van der Waals surface area contributed by atoms with Gasteiger partial charge in [-0.15, -0.1) is 0 Å². The smallest absolute Gasteiger partial charge is 0.0286 e. The Hall–Kier alpha value is -0.260. The van der Waals surface area contributed by atoms with E-state index in [2.05, 4.69) is 0 Å². The second kappa shape index (κ2) is 3.72. The summed E-state index contributed by atoms with van der Waals surface area (Å²) in [5.41, 5.74) is 3.80. The Balaban J connectivity index is 1.79. The fourth-order valence-electron chi connectivity index (χ4n) is 3.98. The van der Waals surface area contributed by atoms with Gasteiger partial charge >= 0.3 is 0 Å². The first-order valence-electron chi connectivity index (χ1n) is 6.63. The van der Waals surface area contributed by atoms with E-state index in [4.69, 9.17) is 0 Å². The maximum absolute atomic E-state index is 1.90. The van der Waals surface area contributed by atoms with E-state index < -0.39 is 0 Å². The molecule has 0 unspecified atom stereocenters. The lowest BCUT2D eigenvalue weighted by molar-refractivity contribution is 0.212. The molecule has 1 saturated carbocycles. The maximum Gasteiger partial charge on any atom is -0.0286 e. The van der Waals surface area contributed by atoms with Crippen molar-refractivity contribution in [1.29, 1.82) is 0 Å². The van der Waals surface area contributed by atoms with Crippen molar-refractivity contribution in [2.45, 2.75) is 64.2 Å². The van der Waals surface area contributed by atoms with Gasteiger partial charge in [0.15, 0.2) is 0 Å². The molecule has 14 heavy (non-hydrogen) atoms. The molecule has 0 amide bonds. The van der Waals surface area contributed by atoms with Crippen molar-refractivity contribution >= 4 is 0 Å². The van der Waals surface area contributed by atoms with Gasteiger partial charge in [-0.1, -0.05) is 24.0 Å². The summed E-state index contributed by atoms with van der Waals surface area (Å²) >= 11 is 0. The molecule has 0 heterocycles. The van der Waals surface area contributed by atoms with Gasteiger partial charge in [-0.2, -0.15) is 0 Å². The van der Waals surface area contributed by atoms with Gasteiger partial charge in [0.05, 0.1) is 0 Å². The summed E-state index contributed by atoms with van der Waals surface area (Å²) in [5, 5.41) is 0. The van der Waals surface area contributed by atoms with E-state index >= 15 is 0 Å². The van der Waals surface area contributed by atoms with Gasteiger partial charge in [0.25, 0.3) is 0 Å². The number of allylic oxidation sites excluding steroid dienone is 2. The molecule has 1 fully saturated rings. The SMILES string of the molecule is C1CCC2=C(C1)C[C@H]1CCCC[C@@H]1C2. The van der Waals surface area contributed by atoms with Crippen molar-refractivity contribution in [3.63, 3.8) is 0 Å². The van der Waals surface area contributed by atoms with Crippen LogP contribution in [0.4, 0.5) is 0 Å². The van der Waals surface area contributed by atoms with Crippen molar-refractivity contribution in [3.8, 4) is 0 Å². The summed E-state index contributed by atoms with van der Waals surface area (Å²) in [5.74, 6) is 2.20. The van der Waals surface area contributed by atoms with Crippen LogP contribution in [0.25, 0.3) is 0 Å². The molecule has 0 radical (unpaired) electrons. The predicted molar refractivity (Wildman–Crippen MR) is 60.2 cm³/mol. The zero-order valence-corrected chi connectivity index (χ0v) is 9.23. The van der Waals surface area contributed by atoms with Crippen molar-refractivity contribution in [2.75, 3.05) is 0 Å². The van der Waals surface area contributed by atoms with E-state index in [1.807, 2.05) is 11.1 Å². The number of hydrogen-bond donors (Lipinski definition) is 0. The fraction of sp³-hybridized carbons (Fsp3) is 0.857. The van der Waals surface area contributed by atoms with Crippen LogP contribution in [0.2, 0.25) is 0 Å². The van der Waals surface area contributed by atoms with E-state index in [-0.39, 0.29) is 0 Å². The quantitative estimate of drug-likeness (QED) is 0.495. The largest absolute Gasteiger partial charge is 0.0707 e. The van der Waals surface area contributed by atoms with Crippen LogP contribution in [0.1, 0.15) is 64.2 Å². The Morgan fingerprint density at radius 1 is 0.643 bits per heavy atom. The molecular formula is C14H22. The highest BCUT2D eigenvalue weighted by atomic mass is 14.4. The minimum atomic E-state index is 1.10. The highest BCUT2D eigenvalue weighted by molar-refractivity contribution is 5.21. The van der Waals surface area contributed by atoms with Crippen LogP contribution in [0.3, 0.4) is 0 Å². The first kappa shape index (κ1) is 9.00. The van der Waals surface area contributed by atoms with Crippen molar-refractivity contribution in [3.05, 3.63) is 11.1 Å². The molecule has 0 spiro atoms. The number of rotatable bonds is 0. The fourth-order valence-corrected chi connectivity index (χ4v) is 3.98. The Morgan fingerprint density at radius 3 is 1.64 bits per heavy atom. The summed E-state index contributed by atoms with van der Waals surface area (Å²) in [6, 6.07) is 0. The molecule has 3 rings (SSSR count). The Morgan fingerprint density at radius 2 is 1.14 bits per heavy atom. The normalized spacial score (nSPS) is 37.7. The van der Waals surface area contributed by atoms with Crippen molar-refractivity contribution in [2.24, 2.45) is 11.8 Å². The van der Waals surface area contributed by atoms with Gasteiger partial charge in [-0.05, 0) is 63.2 Å². The molecule has 3 aliphatic carbocycles.